The fourth-order valence-electron chi connectivity index (χ4n) is 2.76. The van der Waals surface area contributed by atoms with Gasteiger partial charge in [0.1, 0.15) is 5.60 Å². The SMILES string of the molecule is CC(c1ccncc1)N1CCC(C(=O)OC(C)(C)C)CC1. The van der Waals surface area contributed by atoms with Crippen LogP contribution in [-0.2, 0) is 9.53 Å². The first-order chi connectivity index (χ1) is 9.87. The van der Waals surface area contributed by atoms with Gasteiger partial charge in [-0.3, -0.25) is 14.7 Å². The number of piperidine rings is 1. The molecule has 21 heavy (non-hydrogen) atoms. The third-order valence-electron chi connectivity index (χ3n) is 4.01. The van der Waals surface area contributed by atoms with E-state index in [9.17, 15) is 4.79 Å². The first-order valence-electron chi connectivity index (χ1n) is 7.73. The van der Waals surface area contributed by atoms with Gasteiger partial charge in [0.05, 0.1) is 5.92 Å². The third-order valence-corrected chi connectivity index (χ3v) is 4.01. The Morgan fingerprint density at radius 2 is 1.86 bits per heavy atom. The number of aromatic nitrogens is 1. The van der Waals surface area contributed by atoms with E-state index in [2.05, 4.69) is 28.9 Å². The van der Waals surface area contributed by atoms with Gasteiger partial charge in [-0.25, -0.2) is 0 Å². The Hall–Kier alpha value is -1.42. The van der Waals surface area contributed by atoms with E-state index in [0.29, 0.717) is 6.04 Å². The number of rotatable bonds is 3. The lowest BCUT2D eigenvalue weighted by Gasteiger charge is -2.36. The standard InChI is InChI=1S/C17H26N2O2/c1-13(14-5-9-18-10-6-14)19-11-7-15(8-12-19)16(20)21-17(2,3)4/h5-6,9-10,13,15H,7-8,11-12H2,1-4H3. The Morgan fingerprint density at radius 1 is 1.29 bits per heavy atom. The lowest BCUT2D eigenvalue weighted by atomic mass is 9.94. The number of ether oxygens (including phenoxy) is 1. The van der Waals surface area contributed by atoms with Gasteiger partial charge in [-0.1, -0.05) is 0 Å². The summed E-state index contributed by atoms with van der Waals surface area (Å²) in [7, 11) is 0. The molecule has 116 valence electrons. The molecule has 1 aliphatic heterocycles. The summed E-state index contributed by atoms with van der Waals surface area (Å²) in [5.41, 5.74) is 0.888. The molecule has 1 unspecified atom stereocenters. The Morgan fingerprint density at radius 3 is 2.38 bits per heavy atom. The number of hydrogen-bond donors (Lipinski definition) is 0. The molecular formula is C17H26N2O2. The smallest absolute Gasteiger partial charge is 0.309 e. The number of hydrogen-bond acceptors (Lipinski definition) is 4. The Labute approximate surface area is 127 Å². The van der Waals surface area contributed by atoms with Crippen molar-refractivity contribution in [2.45, 2.75) is 52.2 Å². The molecule has 1 atom stereocenters. The van der Waals surface area contributed by atoms with Crippen LogP contribution in [0.4, 0.5) is 0 Å². The molecule has 0 bridgehead atoms. The van der Waals surface area contributed by atoms with E-state index in [0.717, 1.165) is 25.9 Å². The molecule has 0 aliphatic carbocycles. The number of likely N-dealkylation sites (tertiary alicyclic amines) is 1. The molecule has 0 amide bonds. The van der Waals surface area contributed by atoms with Crippen molar-refractivity contribution in [2.75, 3.05) is 13.1 Å². The van der Waals surface area contributed by atoms with Crippen LogP contribution in [-0.4, -0.2) is 34.5 Å². The summed E-state index contributed by atoms with van der Waals surface area (Å²) in [6.45, 7) is 9.85. The number of carbonyl (C=O) groups is 1. The van der Waals surface area contributed by atoms with Gasteiger partial charge in [-0.05, 0) is 71.3 Å². The minimum absolute atomic E-state index is 0.0429. The second kappa shape index (κ2) is 6.56. The van der Waals surface area contributed by atoms with Crippen LogP contribution in [0.25, 0.3) is 0 Å². The molecule has 0 spiro atoms. The van der Waals surface area contributed by atoms with E-state index in [1.807, 2.05) is 33.2 Å². The van der Waals surface area contributed by atoms with E-state index in [-0.39, 0.29) is 11.9 Å². The van der Waals surface area contributed by atoms with E-state index in [4.69, 9.17) is 4.74 Å². The van der Waals surface area contributed by atoms with Gasteiger partial charge < -0.3 is 4.74 Å². The second-order valence-corrected chi connectivity index (χ2v) is 6.80. The zero-order chi connectivity index (χ0) is 15.5. The highest BCUT2D eigenvalue weighted by Gasteiger charge is 2.30. The van der Waals surface area contributed by atoms with Crippen molar-refractivity contribution >= 4 is 5.97 Å². The fourth-order valence-corrected chi connectivity index (χ4v) is 2.76. The number of esters is 1. The van der Waals surface area contributed by atoms with Gasteiger partial charge in [0.2, 0.25) is 0 Å². The number of carbonyl (C=O) groups excluding carboxylic acids is 1. The summed E-state index contributed by atoms with van der Waals surface area (Å²) in [6, 6.07) is 4.49. The van der Waals surface area contributed by atoms with Crippen LogP contribution >= 0.6 is 0 Å². The highest BCUT2D eigenvalue weighted by molar-refractivity contribution is 5.73. The van der Waals surface area contributed by atoms with E-state index < -0.39 is 5.60 Å². The van der Waals surface area contributed by atoms with Crippen molar-refractivity contribution in [3.63, 3.8) is 0 Å². The fraction of sp³-hybridized carbons (Fsp3) is 0.647. The molecule has 1 aromatic heterocycles. The molecule has 0 N–H and O–H groups in total. The van der Waals surface area contributed by atoms with Crippen LogP contribution in [0.15, 0.2) is 24.5 Å². The summed E-state index contributed by atoms with van der Waals surface area (Å²) in [6.07, 6.45) is 5.42. The second-order valence-electron chi connectivity index (χ2n) is 6.80. The first kappa shape index (κ1) is 16.0. The molecule has 1 aliphatic rings. The molecule has 0 radical (unpaired) electrons. The van der Waals surface area contributed by atoms with Crippen molar-refractivity contribution in [2.24, 2.45) is 5.92 Å². The lowest BCUT2D eigenvalue weighted by Crippen LogP contribution is -2.39. The highest BCUT2D eigenvalue weighted by Crippen LogP contribution is 2.27. The molecule has 2 rings (SSSR count). The first-order valence-corrected chi connectivity index (χ1v) is 7.73. The molecule has 1 aromatic rings. The highest BCUT2D eigenvalue weighted by atomic mass is 16.6. The monoisotopic (exact) mass is 290 g/mol. The molecule has 1 fully saturated rings. The Balaban J connectivity index is 1.87. The zero-order valence-electron chi connectivity index (χ0n) is 13.5. The maximum absolute atomic E-state index is 12.1. The van der Waals surface area contributed by atoms with Crippen molar-refractivity contribution in [3.05, 3.63) is 30.1 Å². The topological polar surface area (TPSA) is 42.4 Å². The van der Waals surface area contributed by atoms with Crippen LogP contribution in [0.5, 0.6) is 0 Å². The van der Waals surface area contributed by atoms with Gasteiger partial charge in [0, 0.05) is 18.4 Å². The molecule has 1 saturated heterocycles. The van der Waals surface area contributed by atoms with Crippen LogP contribution < -0.4 is 0 Å². The predicted octanol–water partition coefficient (Wildman–Crippen LogP) is 3.20. The molecular weight excluding hydrogens is 264 g/mol. The van der Waals surface area contributed by atoms with Gasteiger partial charge in [0.25, 0.3) is 0 Å². The molecule has 0 aromatic carbocycles. The average molecular weight is 290 g/mol. The van der Waals surface area contributed by atoms with Crippen LogP contribution in [0.3, 0.4) is 0 Å². The number of nitrogens with zero attached hydrogens (tertiary/aromatic N) is 2. The van der Waals surface area contributed by atoms with E-state index >= 15 is 0 Å². The van der Waals surface area contributed by atoms with Crippen LogP contribution in [0.1, 0.15) is 52.1 Å². The summed E-state index contributed by atoms with van der Waals surface area (Å²) in [4.78, 5) is 18.6. The third kappa shape index (κ3) is 4.53. The van der Waals surface area contributed by atoms with E-state index in [1.165, 1.54) is 5.56 Å². The van der Waals surface area contributed by atoms with Crippen molar-refractivity contribution < 1.29 is 9.53 Å². The summed E-state index contributed by atoms with van der Waals surface area (Å²) < 4.78 is 5.49. The van der Waals surface area contributed by atoms with Crippen molar-refractivity contribution in [1.82, 2.24) is 9.88 Å². The van der Waals surface area contributed by atoms with Gasteiger partial charge >= 0.3 is 5.97 Å². The summed E-state index contributed by atoms with van der Waals surface area (Å²) in [5, 5.41) is 0. The number of pyridine rings is 1. The van der Waals surface area contributed by atoms with Crippen molar-refractivity contribution in [3.8, 4) is 0 Å². The predicted molar refractivity (Wildman–Crippen MR) is 82.8 cm³/mol. The minimum Gasteiger partial charge on any atom is -0.460 e. The Kier molecular flexibility index (Phi) is 4.99. The summed E-state index contributed by atoms with van der Waals surface area (Å²) in [5.74, 6) is 0.00355. The summed E-state index contributed by atoms with van der Waals surface area (Å²) >= 11 is 0. The van der Waals surface area contributed by atoms with Crippen molar-refractivity contribution in [1.29, 1.82) is 0 Å². The largest absolute Gasteiger partial charge is 0.460 e. The van der Waals surface area contributed by atoms with Crippen LogP contribution in [0.2, 0.25) is 0 Å². The van der Waals surface area contributed by atoms with Gasteiger partial charge in [0.15, 0.2) is 0 Å². The average Bonchev–Trinajstić information content (AvgIpc) is 2.46. The Bertz CT molecular complexity index is 459. The molecule has 4 nitrogen and oxygen atoms in total. The molecule has 4 heteroatoms. The molecule has 2 heterocycles. The zero-order valence-corrected chi connectivity index (χ0v) is 13.5. The van der Waals surface area contributed by atoms with Gasteiger partial charge in [-0.2, -0.15) is 0 Å². The van der Waals surface area contributed by atoms with Gasteiger partial charge in [-0.15, -0.1) is 0 Å². The van der Waals surface area contributed by atoms with E-state index in [1.54, 1.807) is 0 Å². The lowest BCUT2D eigenvalue weighted by molar-refractivity contribution is -0.161. The van der Waals surface area contributed by atoms with Crippen LogP contribution in [0, 0.1) is 5.92 Å². The maximum Gasteiger partial charge on any atom is 0.309 e. The quantitative estimate of drug-likeness (QED) is 0.802. The minimum atomic E-state index is -0.390. The molecule has 0 saturated carbocycles. The maximum atomic E-state index is 12.1. The normalized spacial score (nSPS) is 19.2.